The molecule has 1 aromatic carbocycles. The van der Waals surface area contributed by atoms with E-state index in [-0.39, 0.29) is 12.5 Å². The summed E-state index contributed by atoms with van der Waals surface area (Å²) in [5, 5.41) is 2.63. The number of anilines is 1. The van der Waals surface area contributed by atoms with Crippen LogP contribution < -0.4 is 5.32 Å². The Balaban J connectivity index is 1.91. The zero-order valence-corrected chi connectivity index (χ0v) is 10.9. The van der Waals surface area contributed by atoms with E-state index >= 15 is 0 Å². The summed E-state index contributed by atoms with van der Waals surface area (Å²) in [4.78, 5) is 35.5. The molecule has 2 rings (SSSR count). The fraction of sp³-hybridized carbons (Fsp3) is 0.308. The Hall–Kier alpha value is -2.57. The van der Waals surface area contributed by atoms with Gasteiger partial charge in [0.15, 0.2) is 0 Å². The van der Waals surface area contributed by atoms with E-state index in [1.165, 1.54) is 12.0 Å². The largest absolute Gasteiger partial charge is 0.465 e. The highest BCUT2D eigenvalue weighted by atomic mass is 16.6. The van der Waals surface area contributed by atoms with E-state index in [4.69, 9.17) is 4.74 Å². The summed E-state index contributed by atoms with van der Waals surface area (Å²) < 4.78 is 9.30. The number of rotatable bonds is 4. The van der Waals surface area contributed by atoms with Crippen LogP contribution in [0.15, 0.2) is 24.3 Å². The highest BCUT2D eigenvalue weighted by Crippen LogP contribution is 2.11. The second-order valence-corrected chi connectivity index (χ2v) is 4.15. The van der Waals surface area contributed by atoms with Crippen LogP contribution in [0.3, 0.4) is 0 Å². The van der Waals surface area contributed by atoms with Crippen molar-refractivity contribution in [3.63, 3.8) is 0 Å². The molecule has 1 aromatic rings. The SMILES string of the molecule is COC(=O)c1ccc(NC(=O)CN2CCOC2=O)cc1. The molecule has 1 fully saturated rings. The lowest BCUT2D eigenvalue weighted by molar-refractivity contribution is -0.116. The average Bonchev–Trinajstić information content (AvgIpc) is 2.84. The molecule has 2 amide bonds. The molecule has 0 atom stereocenters. The van der Waals surface area contributed by atoms with Crippen LogP contribution in [-0.2, 0) is 14.3 Å². The van der Waals surface area contributed by atoms with Crippen LogP contribution in [0.1, 0.15) is 10.4 Å². The summed E-state index contributed by atoms with van der Waals surface area (Å²) in [5.74, 6) is -0.766. The summed E-state index contributed by atoms with van der Waals surface area (Å²) in [6, 6.07) is 6.27. The Morgan fingerprint density at radius 3 is 2.60 bits per heavy atom. The number of nitrogens with zero attached hydrogens (tertiary/aromatic N) is 1. The molecule has 0 aliphatic carbocycles. The van der Waals surface area contributed by atoms with E-state index in [1.807, 2.05) is 0 Å². The third kappa shape index (κ3) is 3.25. The maximum Gasteiger partial charge on any atom is 0.410 e. The summed E-state index contributed by atoms with van der Waals surface area (Å²) in [6.07, 6.45) is -0.485. The molecule has 106 valence electrons. The van der Waals surface area contributed by atoms with Gasteiger partial charge in [-0.2, -0.15) is 0 Å². The molecular formula is C13H14N2O5. The van der Waals surface area contributed by atoms with Crippen LogP contribution >= 0.6 is 0 Å². The molecule has 1 aliphatic heterocycles. The molecule has 0 bridgehead atoms. The summed E-state index contributed by atoms with van der Waals surface area (Å²) >= 11 is 0. The Bertz CT molecular complexity index is 526. The molecule has 1 heterocycles. The van der Waals surface area contributed by atoms with E-state index < -0.39 is 12.1 Å². The Morgan fingerprint density at radius 2 is 2.05 bits per heavy atom. The maximum atomic E-state index is 11.7. The van der Waals surface area contributed by atoms with Crippen LogP contribution in [0.25, 0.3) is 0 Å². The van der Waals surface area contributed by atoms with Crippen molar-refractivity contribution >= 4 is 23.7 Å². The highest BCUT2D eigenvalue weighted by Gasteiger charge is 2.24. The maximum absolute atomic E-state index is 11.7. The fourth-order valence-corrected chi connectivity index (χ4v) is 1.75. The molecule has 7 heteroatoms. The zero-order valence-electron chi connectivity index (χ0n) is 10.9. The van der Waals surface area contributed by atoms with Crippen LogP contribution in [0.5, 0.6) is 0 Å². The van der Waals surface area contributed by atoms with E-state index in [0.717, 1.165) is 0 Å². The van der Waals surface area contributed by atoms with Gasteiger partial charge in [0.1, 0.15) is 13.2 Å². The molecule has 0 aromatic heterocycles. The first-order valence-electron chi connectivity index (χ1n) is 6.00. The second kappa shape index (κ2) is 6.05. The molecule has 7 nitrogen and oxygen atoms in total. The first-order chi connectivity index (χ1) is 9.60. The summed E-state index contributed by atoms with van der Waals surface area (Å²) in [5.41, 5.74) is 0.934. The number of esters is 1. The van der Waals surface area contributed by atoms with E-state index in [0.29, 0.717) is 24.4 Å². The predicted octanol–water partition coefficient (Wildman–Crippen LogP) is 0.864. The van der Waals surface area contributed by atoms with Gasteiger partial charge in [-0.05, 0) is 24.3 Å². The lowest BCUT2D eigenvalue weighted by Gasteiger charge is -2.12. The first-order valence-corrected chi connectivity index (χ1v) is 6.00. The fourth-order valence-electron chi connectivity index (χ4n) is 1.75. The van der Waals surface area contributed by atoms with Gasteiger partial charge in [0, 0.05) is 5.69 Å². The van der Waals surface area contributed by atoms with Gasteiger partial charge in [-0.25, -0.2) is 9.59 Å². The van der Waals surface area contributed by atoms with Crippen molar-refractivity contribution in [1.82, 2.24) is 4.90 Å². The number of carbonyl (C=O) groups excluding carboxylic acids is 3. The minimum Gasteiger partial charge on any atom is -0.465 e. The van der Waals surface area contributed by atoms with Crippen LogP contribution in [0, 0.1) is 0 Å². The second-order valence-electron chi connectivity index (χ2n) is 4.15. The van der Waals surface area contributed by atoms with Crippen molar-refractivity contribution in [1.29, 1.82) is 0 Å². The van der Waals surface area contributed by atoms with Gasteiger partial charge in [-0.15, -0.1) is 0 Å². The van der Waals surface area contributed by atoms with Gasteiger partial charge in [-0.1, -0.05) is 0 Å². The van der Waals surface area contributed by atoms with Gasteiger partial charge in [0.25, 0.3) is 0 Å². The number of hydrogen-bond donors (Lipinski definition) is 1. The molecule has 0 unspecified atom stereocenters. The van der Waals surface area contributed by atoms with Gasteiger partial charge in [-0.3, -0.25) is 9.69 Å². The number of nitrogens with one attached hydrogen (secondary N) is 1. The molecule has 1 N–H and O–H groups in total. The van der Waals surface area contributed by atoms with Crippen molar-refractivity contribution in [2.75, 3.05) is 32.1 Å². The van der Waals surface area contributed by atoms with Gasteiger partial charge in [0.05, 0.1) is 19.2 Å². The standard InChI is InChI=1S/C13H14N2O5/c1-19-12(17)9-2-4-10(5-3-9)14-11(16)8-15-6-7-20-13(15)18/h2-5H,6-8H2,1H3,(H,14,16). The van der Waals surface area contributed by atoms with Crippen molar-refractivity contribution in [3.05, 3.63) is 29.8 Å². The minimum atomic E-state index is -0.485. The van der Waals surface area contributed by atoms with Crippen molar-refractivity contribution in [2.24, 2.45) is 0 Å². The minimum absolute atomic E-state index is 0.0579. The molecule has 1 saturated heterocycles. The molecule has 1 aliphatic rings. The number of cyclic esters (lactones) is 1. The normalized spacial score (nSPS) is 13.8. The third-order valence-electron chi connectivity index (χ3n) is 2.77. The van der Waals surface area contributed by atoms with Gasteiger partial charge in [0.2, 0.25) is 5.91 Å². The van der Waals surface area contributed by atoms with Gasteiger partial charge < -0.3 is 14.8 Å². The predicted molar refractivity (Wildman–Crippen MR) is 69.3 cm³/mol. The van der Waals surface area contributed by atoms with Crippen molar-refractivity contribution in [2.45, 2.75) is 0 Å². The van der Waals surface area contributed by atoms with Crippen LogP contribution in [-0.4, -0.2) is 49.7 Å². The first kappa shape index (κ1) is 13.9. The summed E-state index contributed by atoms with van der Waals surface area (Å²) in [7, 11) is 1.30. The van der Waals surface area contributed by atoms with Crippen molar-refractivity contribution < 1.29 is 23.9 Å². The molecule has 0 spiro atoms. The van der Waals surface area contributed by atoms with Crippen LogP contribution in [0.4, 0.5) is 10.5 Å². The van der Waals surface area contributed by atoms with Gasteiger partial charge >= 0.3 is 12.1 Å². The Morgan fingerprint density at radius 1 is 1.35 bits per heavy atom. The number of ether oxygens (including phenoxy) is 2. The average molecular weight is 278 g/mol. The topological polar surface area (TPSA) is 84.9 Å². The monoisotopic (exact) mass is 278 g/mol. The smallest absolute Gasteiger partial charge is 0.410 e. The number of carbonyl (C=O) groups is 3. The zero-order chi connectivity index (χ0) is 14.5. The highest BCUT2D eigenvalue weighted by molar-refractivity contribution is 5.95. The quantitative estimate of drug-likeness (QED) is 0.826. The van der Waals surface area contributed by atoms with E-state index in [1.54, 1.807) is 24.3 Å². The Kier molecular flexibility index (Phi) is 4.19. The van der Waals surface area contributed by atoms with Crippen LogP contribution in [0.2, 0.25) is 0 Å². The van der Waals surface area contributed by atoms with Crippen molar-refractivity contribution in [3.8, 4) is 0 Å². The molecule has 20 heavy (non-hydrogen) atoms. The number of amides is 2. The molecule has 0 radical (unpaired) electrons. The van der Waals surface area contributed by atoms with E-state index in [2.05, 4.69) is 10.1 Å². The summed E-state index contributed by atoms with van der Waals surface area (Å²) in [6.45, 7) is 0.658. The number of benzene rings is 1. The third-order valence-corrected chi connectivity index (χ3v) is 2.77. The van der Waals surface area contributed by atoms with E-state index in [9.17, 15) is 14.4 Å². The lowest BCUT2D eigenvalue weighted by Crippen LogP contribution is -2.33. The number of methoxy groups -OCH3 is 1. The lowest BCUT2D eigenvalue weighted by atomic mass is 10.2. The Labute approximate surface area is 115 Å². The molecule has 0 saturated carbocycles. The number of hydrogen-bond acceptors (Lipinski definition) is 5. The molecular weight excluding hydrogens is 264 g/mol.